The lowest BCUT2D eigenvalue weighted by molar-refractivity contribution is -0.107. The molecule has 1 aromatic rings. The normalized spacial score (nSPS) is 9.86. The van der Waals surface area contributed by atoms with Gasteiger partial charge in [-0.2, -0.15) is 0 Å². The summed E-state index contributed by atoms with van der Waals surface area (Å²) in [7, 11) is 1.55. The molecule has 0 bridgehead atoms. The summed E-state index contributed by atoms with van der Waals surface area (Å²) < 4.78 is 11.0. The van der Waals surface area contributed by atoms with Gasteiger partial charge >= 0.3 is 0 Å². The average molecular weight is 259 g/mol. The highest BCUT2D eigenvalue weighted by molar-refractivity contribution is 9.10. The van der Waals surface area contributed by atoms with Crippen molar-refractivity contribution in [3.63, 3.8) is 0 Å². The molecule has 0 spiro atoms. The Labute approximate surface area is 91.1 Å². The highest BCUT2D eigenvalue weighted by atomic mass is 79.9. The summed E-state index contributed by atoms with van der Waals surface area (Å²) >= 11 is 3.33. The minimum absolute atomic E-state index is 0.188. The van der Waals surface area contributed by atoms with Crippen LogP contribution < -0.4 is 4.74 Å². The molecule has 1 aromatic carbocycles. The number of benzene rings is 1. The second kappa shape index (κ2) is 5.78. The van der Waals surface area contributed by atoms with Crippen molar-refractivity contribution in [2.24, 2.45) is 0 Å². The van der Waals surface area contributed by atoms with Crippen LogP contribution in [0.2, 0.25) is 0 Å². The van der Waals surface area contributed by atoms with Crippen LogP contribution in [0.1, 0.15) is 5.56 Å². The summed E-state index contributed by atoms with van der Waals surface area (Å²) in [5.41, 5.74) is 0.853. The van der Waals surface area contributed by atoms with Gasteiger partial charge in [0.25, 0.3) is 0 Å². The maximum Gasteiger partial charge on any atom is 0.188 e. The van der Waals surface area contributed by atoms with Gasteiger partial charge in [-0.3, -0.25) is 0 Å². The van der Waals surface area contributed by atoms with Crippen LogP contribution in [-0.4, -0.2) is 20.2 Å². The molecule has 0 radical (unpaired) electrons. The first-order valence-corrected chi connectivity index (χ1v) is 4.91. The molecule has 0 aromatic heterocycles. The number of hydrogen-bond acceptors (Lipinski definition) is 3. The summed E-state index contributed by atoms with van der Waals surface area (Å²) in [5.74, 6) is 0.683. The van der Waals surface area contributed by atoms with Crippen LogP contribution in [0.25, 0.3) is 0 Å². The summed E-state index contributed by atoms with van der Waals surface area (Å²) in [6.07, 6.45) is 1.19. The molecule has 0 saturated carbocycles. The Morgan fingerprint density at radius 3 is 2.93 bits per heavy atom. The van der Waals surface area contributed by atoms with Gasteiger partial charge in [0.1, 0.15) is 12.0 Å². The van der Waals surface area contributed by atoms with E-state index in [1.54, 1.807) is 7.11 Å². The van der Waals surface area contributed by atoms with E-state index in [9.17, 15) is 4.79 Å². The SMILES string of the molecule is COCOc1ccc(Br)cc1CC=O. The highest BCUT2D eigenvalue weighted by Gasteiger charge is 2.03. The molecule has 0 amide bonds. The molecule has 0 atom stereocenters. The van der Waals surface area contributed by atoms with Gasteiger partial charge in [-0.05, 0) is 18.2 Å². The number of carbonyl (C=O) groups is 1. The van der Waals surface area contributed by atoms with Gasteiger partial charge in [0.05, 0.1) is 0 Å². The van der Waals surface area contributed by atoms with Crippen LogP contribution in [0.3, 0.4) is 0 Å². The number of rotatable bonds is 5. The Balaban J connectivity index is 2.83. The lowest BCUT2D eigenvalue weighted by atomic mass is 10.1. The number of ether oxygens (including phenoxy) is 2. The Kier molecular flexibility index (Phi) is 4.62. The zero-order valence-corrected chi connectivity index (χ0v) is 9.41. The molecule has 0 aliphatic rings. The fourth-order valence-corrected chi connectivity index (χ4v) is 1.47. The first kappa shape index (κ1) is 11.2. The Bertz CT molecular complexity index is 312. The van der Waals surface area contributed by atoms with E-state index in [1.165, 1.54) is 0 Å². The third-order valence-electron chi connectivity index (χ3n) is 1.66. The van der Waals surface area contributed by atoms with Gasteiger partial charge in [0.2, 0.25) is 0 Å². The van der Waals surface area contributed by atoms with Crippen molar-refractivity contribution in [3.8, 4) is 5.75 Å². The van der Waals surface area contributed by atoms with Crippen LogP contribution in [0, 0.1) is 0 Å². The van der Waals surface area contributed by atoms with Crippen LogP contribution in [-0.2, 0) is 16.0 Å². The van der Waals surface area contributed by atoms with Gasteiger partial charge in [-0.25, -0.2) is 0 Å². The number of methoxy groups -OCH3 is 1. The molecule has 0 aliphatic heterocycles. The monoisotopic (exact) mass is 258 g/mol. The predicted molar refractivity (Wildman–Crippen MR) is 56.4 cm³/mol. The van der Waals surface area contributed by atoms with Crippen LogP contribution in [0.4, 0.5) is 0 Å². The smallest absolute Gasteiger partial charge is 0.188 e. The van der Waals surface area contributed by atoms with Crippen molar-refractivity contribution in [2.75, 3.05) is 13.9 Å². The second-order valence-corrected chi connectivity index (χ2v) is 3.59. The van der Waals surface area contributed by atoms with Crippen molar-refractivity contribution >= 4 is 22.2 Å². The van der Waals surface area contributed by atoms with Gasteiger partial charge in [0.15, 0.2) is 6.79 Å². The molecule has 0 heterocycles. The number of halogens is 1. The van der Waals surface area contributed by atoms with E-state index in [1.807, 2.05) is 18.2 Å². The average Bonchev–Trinajstić information content (AvgIpc) is 2.17. The van der Waals surface area contributed by atoms with Crippen LogP contribution in [0.5, 0.6) is 5.75 Å². The Hall–Kier alpha value is -0.870. The van der Waals surface area contributed by atoms with Crippen molar-refractivity contribution in [3.05, 3.63) is 28.2 Å². The van der Waals surface area contributed by atoms with Gasteiger partial charge in [-0.15, -0.1) is 0 Å². The molecule has 4 heteroatoms. The number of aldehydes is 1. The van der Waals surface area contributed by atoms with Crippen LogP contribution >= 0.6 is 15.9 Å². The van der Waals surface area contributed by atoms with E-state index in [4.69, 9.17) is 9.47 Å². The zero-order valence-electron chi connectivity index (χ0n) is 7.83. The third kappa shape index (κ3) is 3.12. The Morgan fingerprint density at radius 1 is 1.50 bits per heavy atom. The van der Waals surface area contributed by atoms with E-state index >= 15 is 0 Å². The first-order chi connectivity index (χ1) is 6.77. The minimum atomic E-state index is 0.188. The molecule has 0 fully saturated rings. The topological polar surface area (TPSA) is 35.5 Å². The molecule has 1 rings (SSSR count). The molecule has 0 saturated heterocycles. The standard InChI is InChI=1S/C10H11BrO3/c1-13-7-14-10-3-2-9(11)6-8(10)4-5-12/h2-3,5-6H,4,7H2,1H3. The lowest BCUT2D eigenvalue weighted by Gasteiger charge is -2.09. The first-order valence-electron chi connectivity index (χ1n) is 4.11. The molecule has 0 N–H and O–H groups in total. The van der Waals surface area contributed by atoms with E-state index in [2.05, 4.69) is 15.9 Å². The lowest BCUT2D eigenvalue weighted by Crippen LogP contribution is -2.02. The second-order valence-electron chi connectivity index (χ2n) is 2.67. The highest BCUT2D eigenvalue weighted by Crippen LogP contribution is 2.23. The molecule has 0 unspecified atom stereocenters. The molecule has 76 valence electrons. The van der Waals surface area contributed by atoms with Crippen molar-refractivity contribution in [2.45, 2.75) is 6.42 Å². The third-order valence-corrected chi connectivity index (χ3v) is 2.15. The molecule has 3 nitrogen and oxygen atoms in total. The quantitative estimate of drug-likeness (QED) is 0.600. The van der Waals surface area contributed by atoms with Gasteiger partial charge in [-0.1, -0.05) is 15.9 Å². The van der Waals surface area contributed by atoms with Crippen molar-refractivity contribution < 1.29 is 14.3 Å². The Morgan fingerprint density at radius 2 is 2.29 bits per heavy atom. The van der Waals surface area contributed by atoms with Crippen molar-refractivity contribution in [1.29, 1.82) is 0 Å². The number of hydrogen-bond donors (Lipinski definition) is 0. The fourth-order valence-electron chi connectivity index (χ4n) is 1.06. The zero-order chi connectivity index (χ0) is 10.4. The predicted octanol–water partition coefficient (Wildman–Crippen LogP) is 2.17. The molecule has 14 heavy (non-hydrogen) atoms. The summed E-state index contributed by atoms with van der Waals surface area (Å²) in [6, 6.07) is 5.53. The largest absolute Gasteiger partial charge is 0.467 e. The summed E-state index contributed by atoms with van der Waals surface area (Å²) in [4.78, 5) is 10.4. The molecular formula is C10H11BrO3. The maximum absolute atomic E-state index is 10.4. The maximum atomic E-state index is 10.4. The van der Waals surface area contributed by atoms with E-state index in [0.29, 0.717) is 12.2 Å². The summed E-state index contributed by atoms with van der Waals surface area (Å²) in [6.45, 7) is 0.188. The molecule has 0 aliphatic carbocycles. The van der Waals surface area contributed by atoms with Crippen LogP contribution in [0.15, 0.2) is 22.7 Å². The van der Waals surface area contributed by atoms with Gasteiger partial charge in [0, 0.05) is 23.6 Å². The summed E-state index contributed by atoms with van der Waals surface area (Å²) in [5, 5.41) is 0. The van der Waals surface area contributed by atoms with Crippen molar-refractivity contribution in [1.82, 2.24) is 0 Å². The number of carbonyl (C=O) groups excluding carboxylic acids is 1. The van der Waals surface area contributed by atoms with Gasteiger partial charge < -0.3 is 14.3 Å². The van der Waals surface area contributed by atoms with E-state index in [0.717, 1.165) is 16.3 Å². The molecular weight excluding hydrogens is 248 g/mol. The fraction of sp³-hybridized carbons (Fsp3) is 0.300. The van der Waals surface area contributed by atoms with E-state index in [-0.39, 0.29) is 6.79 Å². The van der Waals surface area contributed by atoms with E-state index < -0.39 is 0 Å². The minimum Gasteiger partial charge on any atom is -0.467 e.